The van der Waals surface area contributed by atoms with Crippen molar-refractivity contribution in [1.82, 2.24) is 0 Å². The van der Waals surface area contributed by atoms with Crippen molar-refractivity contribution in [1.29, 1.82) is 0 Å². The first-order valence-electron chi connectivity index (χ1n) is 22.8. The highest BCUT2D eigenvalue weighted by Gasteiger charge is 2.17. The van der Waals surface area contributed by atoms with Crippen LogP contribution in [0.4, 0.5) is 0 Å². The highest BCUT2D eigenvalue weighted by molar-refractivity contribution is 5.70. The van der Waals surface area contributed by atoms with Crippen molar-refractivity contribution in [3.63, 3.8) is 0 Å². The Bertz CT molecular complexity index is 1110. The average molecular weight is 777 g/mol. The monoisotopic (exact) mass is 777 g/mol. The van der Waals surface area contributed by atoms with Crippen LogP contribution in [0.3, 0.4) is 0 Å². The number of carbonyl (C=O) groups is 2. The zero-order valence-corrected chi connectivity index (χ0v) is 36.4. The summed E-state index contributed by atoms with van der Waals surface area (Å²) in [5, 5.41) is 0. The molecule has 1 atom stereocenters. The topological polar surface area (TPSA) is 61.8 Å². The number of ether oxygens (including phenoxy) is 3. The summed E-state index contributed by atoms with van der Waals surface area (Å²) in [5.41, 5.74) is 0. The van der Waals surface area contributed by atoms with Crippen LogP contribution in [0.5, 0.6) is 0 Å². The summed E-state index contributed by atoms with van der Waals surface area (Å²) < 4.78 is 17.2. The zero-order chi connectivity index (χ0) is 40.7. The molecule has 0 amide bonds. The summed E-state index contributed by atoms with van der Waals surface area (Å²) in [7, 11) is 0. The van der Waals surface area contributed by atoms with Crippen molar-refractivity contribution in [2.24, 2.45) is 0 Å². The third kappa shape index (κ3) is 43.5. The fourth-order valence-electron chi connectivity index (χ4n) is 5.78. The maximum atomic E-state index is 12.6. The van der Waals surface area contributed by atoms with Gasteiger partial charge < -0.3 is 14.2 Å². The van der Waals surface area contributed by atoms with Crippen molar-refractivity contribution in [2.45, 2.75) is 194 Å². The fourth-order valence-corrected chi connectivity index (χ4v) is 5.78. The molecule has 0 aliphatic heterocycles. The SMILES string of the molecule is CC/C=C\C/C=C\C/C=C\C/C=C\C/C=C\CCCCCCOCC(COC(=O)CCCCC/C=C\C/C=C\C/C=C\CC)OC(=O)CCCCCCCCC. The summed E-state index contributed by atoms with van der Waals surface area (Å²) in [5.74, 6) is -0.460. The van der Waals surface area contributed by atoms with Gasteiger partial charge in [-0.05, 0) is 96.3 Å². The van der Waals surface area contributed by atoms with Gasteiger partial charge in [0, 0.05) is 19.4 Å². The van der Waals surface area contributed by atoms with Crippen LogP contribution in [0.1, 0.15) is 188 Å². The van der Waals surface area contributed by atoms with E-state index in [4.69, 9.17) is 14.2 Å². The molecule has 0 radical (unpaired) electrons. The van der Waals surface area contributed by atoms with Crippen molar-refractivity contribution in [3.8, 4) is 0 Å². The molecule has 0 spiro atoms. The van der Waals surface area contributed by atoms with Crippen LogP contribution in [0.15, 0.2) is 97.2 Å². The van der Waals surface area contributed by atoms with Gasteiger partial charge in [-0.15, -0.1) is 0 Å². The Labute approximate surface area is 345 Å². The molecule has 318 valence electrons. The summed E-state index contributed by atoms with van der Waals surface area (Å²) in [6.45, 7) is 7.45. The van der Waals surface area contributed by atoms with Crippen LogP contribution in [0.25, 0.3) is 0 Å². The van der Waals surface area contributed by atoms with E-state index in [2.05, 4.69) is 118 Å². The first-order chi connectivity index (χ1) is 27.6. The van der Waals surface area contributed by atoms with Gasteiger partial charge in [0.15, 0.2) is 6.10 Å². The van der Waals surface area contributed by atoms with E-state index in [1.807, 2.05) is 0 Å². The molecule has 0 saturated heterocycles. The van der Waals surface area contributed by atoms with Gasteiger partial charge in [-0.2, -0.15) is 0 Å². The fraction of sp³-hybridized carbons (Fsp3) is 0.647. The lowest BCUT2D eigenvalue weighted by Gasteiger charge is -2.18. The van der Waals surface area contributed by atoms with Gasteiger partial charge in [-0.3, -0.25) is 9.59 Å². The van der Waals surface area contributed by atoms with E-state index in [9.17, 15) is 9.59 Å². The van der Waals surface area contributed by atoms with E-state index in [1.54, 1.807) is 0 Å². The predicted octanol–water partition coefficient (Wildman–Crippen LogP) is 15.1. The highest BCUT2D eigenvalue weighted by Crippen LogP contribution is 2.11. The molecule has 5 heteroatoms. The van der Waals surface area contributed by atoms with Crippen LogP contribution in [-0.2, 0) is 23.8 Å². The third-order valence-corrected chi connectivity index (χ3v) is 9.12. The van der Waals surface area contributed by atoms with E-state index in [0.29, 0.717) is 19.4 Å². The summed E-state index contributed by atoms with van der Waals surface area (Å²) in [6.07, 6.45) is 61.4. The lowest BCUT2D eigenvalue weighted by Crippen LogP contribution is -2.30. The molecule has 5 nitrogen and oxygen atoms in total. The maximum absolute atomic E-state index is 12.6. The average Bonchev–Trinajstić information content (AvgIpc) is 3.20. The molecule has 0 heterocycles. The Morgan fingerprint density at radius 3 is 1.30 bits per heavy atom. The lowest BCUT2D eigenvalue weighted by atomic mass is 10.1. The number of allylic oxidation sites excluding steroid dienone is 16. The molecule has 1 unspecified atom stereocenters. The quantitative estimate of drug-likeness (QED) is 0.0352. The van der Waals surface area contributed by atoms with Crippen LogP contribution >= 0.6 is 0 Å². The van der Waals surface area contributed by atoms with E-state index < -0.39 is 6.10 Å². The molecule has 0 aromatic carbocycles. The number of hydrogen-bond donors (Lipinski definition) is 0. The molecule has 0 fully saturated rings. The smallest absolute Gasteiger partial charge is 0.306 e. The normalized spacial score (nSPS) is 13.1. The molecule has 0 aromatic heterocycles. The van der Waals surface area contributed by atoms with Gasteiger partial charge in [0.05, 0.1) is 6.61 Å². The minimum absolute atomic E-state index is 0.0549. The second-order valence-electron chi connectivity index (χ2n) is 14.5. The van der Waals surface area contributed by atoms with Gasteiger partial charge in [0.25, 0.3) is 0 Å². The third-order valence-electron chi connectivity index (χ3n) is 9.12. The Morgan fingerprint density at radius 2 is 0.804 bits per heavy atom. The van der Waals surface area contributed by atoms with Crippen molar-refractivity contribution in [2.75, 3.05) is 19.8 Å². The van der Waals surface area contributed by atoms with E-state index >= 15 is 0 Å². The predicted molar refractivity (Wildman–Crippen MR) is 242 cm³/mol. The highest BCUT2D eigenvalue weighted by atomic mass is 16.6. The van der Waals surface area contributed by atoms with Gasteiger partial charge in [0.2, 0.25) is 0 Å². The van der Waals surface area contributed by atoms with Crippen LogP contribution in [0, 0.1) is 0 Å². The lowest BCUT2D eigenvalue weighted by molar-refractivity contribution is -0.163. The Kier molecular flexibility index (Phi) is 43.6. The molecular weight excluding hydrogens is 693 g/mol. The summed E-state index contributed by atoms with van der Waals surface area (Å²) in [6, 6.07) is 0. The van der Waals surface area contributed by atoms with E-state index in [1.165, 1.54) is 32.1 Å². The van der Waals surface area contributed by atoms with Crippen LogP contribution in [-0.4, -0.2) is 37.9 Å². The van der Waals surface area contributed by atoms with Gasteiger partial charge >= 0.3 is 11.9 Å². The molecular formula is C51H84O5. The standard InChI is InChI=1S/C51H84O5/c1-4-7-10-13-16-18-20-22-23-24-25-26-27-28-30-32-34-37-40-43-46-54-47-49(56-51(53)45-42-39-35-15-12-9-6-3)48-55-50(52)44-41-38-36-33-31-29-21-19-17-14-11-8-5-2/h7-8,10-11,16-19,22-23,25-26,28-31,49H,4-6,9,12-15,20-21,24,27,32-48H2,1-3H3/b10-7-,11-8-,18-16-,19-17-,23-22-,26-25-,30-28-,31-29-. The van der Waals surface area contributed by atoms with E-state index in [0.717, 1.165) is 122 Å². The number of esters is 2. The first kappa shape index (κ1) is 52.8. The zero-order valence-electron chi connectivity index (χ0n) is 36.4. The van der Waals surface area contributed by atoms with Crippen LogP contribution in [0.2, 0.25) is 0 Å². The molecule has 0 aliphatic rings. The minimum Gasteiger partial charge on any atom is -0.462 e. The molecule has 0 aliphatic carbocycles. The summed E-state index contributed by atoms with van der Waals surface area (Å²) in [4.78, 5) is 25.1. The molecule has 56 heavy (non-hydrogen) atoms. The molecule has 0 aromatic rings. The number of unbranched alkanes of at least 4 members (excludes halogenated alkanes) is 13. The number of carbonyl (C=O) groups excluding carboxylic acids is 2. The van der Waals surface area contributed by atoms with Crippen LogP contribution < -0.4 is 0 Å². The molecule has 0 saturated carbocycles. The number of rotatable bonds is 40. The molecule has 0 rings (SSSR count). The maximum Gasteiger partial charge on any atom is 0.306 e. The van der Waals surface area contributed by atoms with Gasteiger partial charge in [-0.1, -0.05) is 176 Å². The first-order valence-corrected chi connectivity index (χ1v) is 22.8. The minimum atomic E-state index is -0.562. The Hall–Kier alpha value is -3.18. The van der Waals surface area contributed by atoms with Gasteiger partial charge in [0.1, 0.15) is 6.61 Å². The largest absolute Gasteiger partial charge is 0.462 e. The van der Waals surface area contributed by atoms with Crippen molar-refractivity contribution >= 4 is 11.9 Å². The molecule has 0 N–H and O–H groups in total. The summed E-state index contributed by atoms with van der Waals surface area (Å²) >= 11 is 0. The second kappa shape index (κ2) is 46.2. The Morgan fingerprint density at radius 1 is 0.411 bits per heavy atom. The van der Waals surface area contributed by atoms with E-state index in [-0.39, 0.29) is 25.2 Å². The molecule has 0 bridgehead atoms. The van der Waals surface area contributed by atoms with Crippen molar-refractivity contribution < 1.29 is 23.8 Å². The van der Waals surface area contributed by atoms with Crippen molar-refractivity contribution in [3.05, 3.63) is 97.2 Å². The second-order valence-corrected chi connectivity index (χ2v) is 14.5. The van der Waals surface area contributed by atoms with Gasteiger partial charge in [-0.25, -0.2) is 0 Å². The number of hydrogen-bond acceptors (Lipinski definition) is 5. The Balaban J connectivity index is 4.25.